The molecule has 1 saturated heterocycles. The predicted octanol–water partition coefficient (Wildman–Crippen LogP) is 1.33. The highest BCUT2D eigenvalue weighted by Gasteiger charge is 2.32. The standard InChI is InChI=1S/C10H16BrNO3/c1-2-15-10(14)8-5-3-4-6-12(8)9(13)7-11/h8H,2-7H2,1H3. The zero-order valence-electron chi connectivity index (χ0n) is 8.87. The van der Waals surface area contributed by atoms with Crippen LogP contribution in [0.1, 0.15) is 26.2 Å². The van der Waals surface area contributed by atoms with Crippen LogP contribution in [0, 0.1) is 0 Å². The van der Waals surface area contributed by atoms with Crippen molar-refractivity contribution in [2.75, 3.05) is 18.5 Å². The molecule has 1 fully saturated rings. The van der Waals surface area contributed by atoms with Gasteiger partial charge in [-0.1, -0.05) is 15.9 Å². The number of carbonyl (C=O) groups is 2. The summed E-state index contributed by atoms with van der Waals surface area (Å²) < 4.78 is 4.96. The zero-order chi connectivity index (χ0) is 11.3. The molecule has 86 valence electrons. The van der Waals surface area contributed by atoms with Crippen molar-refractivity contribution in [3.05, 3.63) is 0 Å². The van der Waals surface area contributed by atoms with E-state index in [1.54, 1.807) is 11.8 Å². The summed E-state index contributed by atoms with van der Waals surface area (Å²) in [6.45, 7) is 2.80. The largest absolute Gasteiger partial charge is 0.464 e. The van der Waals surface area contributed by atoms with E-state index in [-0.39, 0.29) is 23.2 Å². The third-order valence-corrected chi connectivity index (χ3v) is 2.98. The van der Waals surface area contributed by atoms with Crippen LogP contribution in [0.25, 0.3) is 0 Å². The van der Waals surface area contributed by atoms with Gasteiger partial charge in [0.1, 0.15) is 6.04 Å². The molecule has 15 heavy (non-hydrogen) atoms. The number of carbonyl (C=O) groups excluding carboxylic acids is 2. The summed E-state index contributed by atoms with van der Waals surface area (Å²) in [5.41, 5.74) is 0. The Labute approximate surface area is 98.1 Å². The zero-order valence-corrected chi connectivity index (χ0v) is 10.5. The quantitative estimate of drug-likeness (QED) is 0.578. The lowest BCUT2D eigenvalue weighted by Gasteiger charge is -2.33. The number of alkyl halides is 1. The van der Waals surface area contributed by atoms with E-state index in [4.69, 9.17) is 4.74 Å². The van der Waals surface area contributed by atoms with Gasteiger partial charge in [0.05, 0.1) is 11.9 Å². The summed E-state index contributed by atoms with van der Waals surface area (Å²) in [5, 5.41) is 0.267. The smallest absolute Gasteiger partial charge is 0.328 e. The van der Waals surface area contributed by atoms with Crippen molar-refractivity contribution in [2.24, 2.45) is 0 Å². The molecule has 0 bridgehead atoms. The Morgan fingerprint density at radius 2 is 2.20 bits per heavy atom. The molecule has 1 aliphatic heterocycles. The summed E-state index contributed by atoms with van der Waals surface area (Å²) in [5.74, 6) is -0.306. The summed E-state index contributed by atoms with van der Waals surface area (Å²) >= 11 is 3.12. The molecule has 0 spiro atoms. The molecule has 0 aromatic rings. The lowest BCUT2D eigenvalue weighted by atomic mass is 10.0. The van der Waals surface area contributed by atoms with Gasteiger partial charge in [0.15, 0.2) is 0 Å². The number of esters is 1. The molecule has 0 aromatic carbocycles. The van der Waals surface area contributed by atoms with Crippen LogP contribution in [0.5, 0.6) is 0 Å². The Balaban J connectivity index is 2.65. The van der Waals surface area contributed by atoms with Crippen LogP contribution in [0.15, 0.2) is 0 Å². The molecule has 0 aliphatic carbocycles. The molecule has 1 aliphatic rings. The van der Waals surface area contributed by atoms with Gasteiger partial charge in [-0.05, 0) is 26.2 Å². The van der Waals surface area contributed by atoms with E-state index in [0.29, 0.717) is 13.2 Å². The van der Waals surface area contributed by atoms with Crippen molar-refractivity contribution in [1.82, 2.24) is 4.90 Å². The number of rotatable bonds is 3. The molecular formula is C10H16BrNO3. The average molecular weight is 278 g/mol. The minimum atomic E-state index is -0.372. The Morgan fingerprint density at radius 3 is 2.80 bits per heavy atom. The molecule has 1 amide bonds. The van der Waals surface area contributed by atoms with Crippen molar-refractivity contribution in [2.45, 2.75) is 32.2 Å². The molecule has 1 atom stereocenters. The number of halogens is 1. The van der Waals surface area contributed by atoms with Gasteiger partial charge in [0.25, 0.3) is 0 Å². The minimum Gasteiger partial charge on any atom is -0.464 e. The van der Waals surface area contributed by atoms with Crippen LogP contribution in [-0.4, -0.2) is 41.3 Å². The first-order valence-corrected chi connectivity index (χ1v) is 6.35. The van der Waals surface area contributed by atoms with Gasteiger partial charge in [-0.15, -0.1) is 0 Å². The van der Waals surface area contributed by atoms with E-state index >= 15 is 0 Å². The normalized spacial score (nSPS) is 21.2. The van der Waals surface area contributed by atoms with Crippen LogP contribution < -0.4 is 0 Å². The lowest BCUT2D eigenvalue weighted by molar-refractivity contribution is -0.155. The SMILES string of the molecule is CCOC(=O)C1CCCCN1C(=O)CBr. The van der Waals surface area contributed by atoms with E-state index in [2.05, 4.69) is 15.9 Å². The highest BCUT2D eigenvalue weighted by atomic mass is 79.9. The summed E-state index contributed by atoms with van der Waals surface area (Å²) in [6, 6.07) is -0.372. The Morgan fingerprint density at radius 1 is 1.47 bits per heavy atom. The van der Waals surface area contributed by atoms with Crippen LogP contribution in [-0.2, 0) is 14.3 Å². The molecule has 1 rings (SSSR count). The molecule has 4 nitrogen and oxygen atoms in total. The van der Waals surface area contributed by atoms with E-state index in [1.807, 2.05) is 0 Å². The fraction of sp³-hybridized carbons (Fsp3) is 0.800. The van der Waals surface area contributed by atoms with Gasteiger partial charge >= 0.3 is 5.97 Å². The third-order valence-electron chi connectivity index (χ3n) is 2.50. The van der Waals surface area contributed by atoms with Crippen LogP contribution in [0.3, 0.4) is 0 Å². The first-order valence-electron chi connectivity index (χ1n) is 5.22. The molecule has 1 unspecified atom stereocenters. The number of hydrogen-bond donors (Lipinski definition) is 0. The Hall–Kier alpha value is -0.580. The molecule has 0 radical (unpaired) electrons. The number of piperidine rings is 1. The van der Waals surface area contributed by atoms with Gasteiger partial charge in [0, 0.05) is 6.54 Å². The lowest BCUT2D eigenvalue weighted by Crippen LogP contribution is -2.49. The van der Waals surface area contributed by atoms with Crippen molar-refractivity contribution in [3.8, 4) is 0 Å². The fourth-order valence-corrected chi connectivity index (χ4v) is 2.11. The topological polar surface area (TPSA) is 46.6 Å². The van der Waals surface area contributed by atoms with Gasteiger partial charge in [-0.3, -0.25) is 4.79 Å². The predicted molar refractivity (Wildman–Crippen MR) is 59.8 cm³/mol. The van der Waals surface area contributed by atoms with Crippen LogP contribution >= 0.6 is 15.9 Å². The maximum Gasteiger partial charge on any atom is 0.328 e. The van der Waals surface area contributed by atoms with Crippen molar-refractivity contribution >= 4 is 27.8 Å². The number of ether oxygens (including phenoxy) is 1. The van der Waals surface area contributed by atoms with Gasteiger partial charge < -0.3 is 9.64 Å². The average Bonchev–Trinajstić information content (AvgIpc) is 2.28. The van der Waals surface area contributed by atoms with Gasteiger partial charge in [0.2, 0.25) is 5.91 Å². The molecule has 1 heterocycles. The molecule has 5 heteroatoms. The summed E-state index contributed by atoms with van der Waals surface area (Å²) in [6.07, 6.45) is 2.67. The third kappa shape index (κ3) is 3.19. The molecule has 0 saturated carbocycles. The number of nitrogens with zero attached hydrogens (tertiary/aromatic N) is 1. The Bertz CT molecular complexity index is 245. The molecular weight excluding hydrogens is 262 g/mol. The van der Waals surface area contributed by atoms with Crippen LogP contribution in [0.4, 0.5) is 0 Å². The first-order chi connectivity index (χ1) is 7.20. The second-order valence-electron chi connectivity index (χ2n) is 3.48. The summed E-state index contributed by atoms with van der Waals surface area (Å²) in [7, 11) is 0. The second kappa shape index (κ2) is 6.10. The highest BCUT2D eigenvalue weighted by Crippen LogP contribution is 2.18. The van der Waals surface area contributed by atoms with E-state index in [9.17, 15) is 9.59 Å². The molecule has 0 aromatic heterocycles. The monoisotopic (exact) mass is 277 g/mol. The number of amides is 1. The second-order valence-corrected chi connectivity index (χ2v) is 4.05. The number of likely N-dealkylation sites (tertiary alicyclic amines) is 1. The number of hydrogen-bond acceptors (Lipinski definition) is 3. The highest BCUT2D eigenvalue weighted by molar-refractivity contribution is 9.09. The fourth-order valence-electron chi connectivity index (χ4n) is 1.79. The van der Waals surface area contributed by atoms with Crippen LogP contribution in [0.2, 0.25) is 0 Å². The van der Waals surface area contributed by atoms with Crippen molar-refractivity contribution in [1.29, 1.82) is 0 Å². The Kier molecular flexibility index (Phi) is 5.08. The minimum absolute atomic E-state index is 0.0345. The maximum absolute atomic E-state index is 11.6. The van der Waals surface area contributed by atoms with Gasteiger partial charge in [-0.25, -0.2) is 4.79 Å². The van der Waals surface area contributed by atoms with Crippen molar-refractivity contribution < 1.29 is 14.3 Å². The summed E-state index contributed by atoms with van der Waals surface area (Å²) in [4.78, 5) is 24.8. The van der Waals surface area contributed by atoms with E-state index < -0.39 is 0 Å². The van der Waals surface area contributed by atoms with E-state index in [0.717, 1.165) is 19.3 Å². The van der Waals surface area contributed by atoms with E-state index in [1.165, 1.54) is 0 Å². The van der Waals surface area contributed by atoms with Crippen molar-refractivity contribution in [3.63, 3.8) is 0 Å². The van der Waals surface area contributed by atoms with Gasteiger partial charge in [-0.2, -0.15) is 0 Å². The first kappa shape index (κ1) is 12.5. The molecule has 0 N–H and O–H groups in total. The maximum atomic E-state index is 11.6.